The molecule has 0 bridgehead atoms. The molecule has 0 saturated carbocycles. The largest absolute Gasteiger partial charge is 0.493 e. The molecule has 0 aliphatic heterocycles. The lowest BCUT2D eigenvalue weighted by Gasteiger charge is -2.09. The number of ketones is 1. The number of nitrogens with zero attached hydrogens (tertiary/aromatic N) is 2. The Kier molecular flexibility index (Phi) is 6.08. The van der Waals surface area contributed by atoms with E-state index in [1.54, 1.807) is 30.3 Å². The van der Waals surface area contributed by atoms with Crippen LogP contribution in [0.15, 0.2) is 57.7 Å². The maximum absolute atomic E-state index is 12.2. The Morgan fingerprint density at radius 2 is 1.76 bits per heavy atom. The van der Waals surface area contributed by atoms with Crippen LogP contribution in [0.3, 0.4) is 0 Å². The number of rotatable bonds is 8. The molecule has 0 atom stereocenters. The van der Waals surface area contributed by atoms with Gasteiger partial charge in [-0.3, -0.25) is 9.59 Å². The van der Waals surface area contributed by atoms with Gasteiger partial charge in [0.15, 0.2) is 23.9 Å². The van der Waals surface area contributed by atoms with Gasteiger partial charge in [-0.25, -0.2) is 4.79 Å². The topological polar surface area (TPSA) is 110 Å². The van der Waals surface area contributed by atoms with Gasteiger partial charge in [0.25, 0.3) is 0 Å². The van der Waals surface area contributed by atoms with Crippen molar-refractivity contribution < 1.29 is 28.2 Å². The van der Waals surface area contributed by atoms with E-state index < -0.39 is 30.7 Å². The summed E-state index contributed by atoms with van der Waals surface area (Å²) >= 11 is 0. The van der Waals surface area contributed by atoms with Crippen molar-refractivity contribution >= 4 is 11.8 Å². The molecule has 29 heavy (non-hydrogen) atoms. The van der Waals surface area contributed by atoms with Crippen LogP contribution in [0.2, 0.25) is 0 Å². The molecule has 0 aliphatic rings. The van der Waals surface area contributed by atoms with Crippen molar-refractivity contribution in [3.05, 3.63) is 64.6 Å². The van der Waals surface area contributed by atoms with Gasteiger partial charge in [0.1, 0.15) is 6.54 Å². The van der Waals surface area contributed by atoms with Gasteiger partial charge >= 0.3 is 11.7 Å². The number of aromatic nitrogens is 2. The highest BCUT2D eigenvalue weighted by molar-refractivity contribution is 5.98. The Hall–Kier alpha value is -3.88. The summed E-state index contributed by atoms with van der Waals surface area (Å²) in [6.45, 7) is -0.971. The fraction of sp³-hybridized carbons (Fsp3) is 0.200. The number of carbonyl (C=O) groups excluding carboxylic acids is 2. The van der Waals surface area contributed by atoms with Gasteiger partial charge in [0.2, 0.25) is 5.89 Å². The number of hydrogen-bond acceptors (Lipinski definition) is 8. The molecule has 0 spiro atoms. The molecule has 0 amide bonds. The molecule has 3 aromatic rings. The molecule has 2 aromatic carbocycles. The molecule has 0 radical (unpaired) electrons. The molecule has 0 unspecified atom stereocenters. The molecule has 1 heterocycles. The number of methoxy groups -OCH3 is 2. The van der Waals surface area contributed by atoms with Crippen LogP contribution in [0.5, 0.6) is 11.5 Å². The monoisotopic (exact) mass is 398 g/mol. The van der Waals surface area contributed by atoms with Crippen molar-refractivity contribution in [2.75, 3.05) is 20.8 Å². The minimum absolute atomic E-state index is 0.0878. The summed E-state index contributed by atoms with van der Waals surface area (Å²) in [5.74, 6) is -1.09. The summed E-state index contributed by atoms with van der Waals surface area (Å²) in [4.78, 5) is 36.1. The zero-order valence-corrected chi connectivity index (χ0v) is 15.8. The molecule has 3 rings (SSSR count). The smallest absolute Gasteiger partial charge is 0.437 e. The molecule has 1 aromatic heterocycles. The first-order valence-electron chi connectivity index (χ1n) is 8.56. The van der Waals surface area contributed by atoms with Crippen LogP contribution in [-0.2, 0) is 16.1 Å². The van der Waals surface area contributed by atoms with E-state index in [0.29, 0.717) is 22.6 Å². The van der Waals surface area contributed by atoms with Gasteiger partial charge < -0.3 is 18.6 Å². The lowest BCUT2D eigenvalue weighted by molar-refractivity contribution is -0.143. The van der Waals surface area contributed by atoms with Crippen molar-refractivity contribution in [2.45, 2.75) is 6.54 Å². The van der Waals surface area contributed by atoms with E-state index in [9.17, 15) is 14.4 Å². The second-order valence-electron chi connectivity index (χ2n) is 5.85. The standard InChI is InChI=1S/C20H18N2O7/c1-26-16-9-8-14(10-17(16)27-2)15(23)12-28-18(24)11-22-20(25)29-19(21-22)13-6-4-3-5-7-13/h3-10H,11-12H2,1-2H3. The van der Waals surface area contributed by atoms with Gasteiger partial charge in [-0.2, -0.15) is 4.68 Å². The summed E-state index contributed by atoms with van der Waals surface area (Å²) in [7, 11) is 2.93. The summed E-state index contributed by atoms with van der Waals surface area (Å²) < 4.78 is 21.1. The van der Waals surface area contributed by atoms with Gasteiger partial charge in [-0.15, -0.1) is 5.10 Å². The fourth-order valence-corrected chi connectivity index (χ4v) is 2.51. The van der Waals surface area contributed by atoms with Crippen LogP contribution < -0.4 is 15.2 Å². The highest BCUT2D eigenvalue weighted by Crippen LogP contribution is 2.27. The summed E-state index contributed by atoms with van der Waals surface area (Å²) in [5, 5.41) is 3.97. The van der Waals surface area contributed by atoms with Crippen LogP contribution >= 0.6 is 0 Å². The van der Waals surface area contributed by atoms with E-state index in [-0.39, 0.29) is 5.89 Å². The van der Waals surface area contributed by atoms with Crippen molar-refractivity contribution in [3.63, 3.8) is 0 Å². The van der Waals surface area contributed by atoms with E-state index in [4.69, 9.17) is 18.6 Å². The Morgan fingerprint density at radius 3 is 2.45 bits per heavy atom. The molecule has 9 nitrogen and oxygen atoms in total. The molecule has 0 fully saturated rings. The zero-order chi connectivity index (χ0) is 20.8. The highest BCUT2D eigenvalue weighted by atomic mass is 16.5. The average molecular weight is 398 g/mol. The van der Waals surface area contributed by atoms with Gasteiger partial charge in [0.05, 0.1) is 14.2 Å². The average Bonchev–Trinajstić information content (AvgIpc) is 3.12. The Labute approximate surface area is 165 Å². The zero-order valence-electron chi connectivity index (χ0n) is 15.8. The minimum Gasteiger partial charge on any atom is -0.493 e. The lowest BCUT2D eigenvalue weighted by Crippen LogP contribution is -2.24. The minimum atomic E-state index is -0.799. The number of benzene rings is 2. The van der Waals surface area contributed by atoms with Crippen LogP contribution in [0, 0.1) is 0 Å². The van der Waals surface area contributed by atoms with Crippen molar-refractivity contribution in [2.24, 2.45) is 0 Å². The van der Waals surface area contributed by atoms with Gasteiger partial charge in [-0.05, 0) is 30.3 Å². The molecule has 0 aliphatic carbocycles. The molecule has 0 saturated heterocycles. The Bertz CT molecular complexity index is 1070. The predicted octanol–water partition coefficient (Wildman–Crippen LogP) is 1.95. The van der Waals surface area contributed by atoms with E-state index in [2.05, 4.69) is 5.10 Å². The molecule has 0 N–H and O–H groups in total. The van der Waals surface area contributed by atoms with Crippen molar-refractivity contribution in [1.82, 2.24) is 9.78 Å². The van der Waals surface area contributed by atoms with E-state index >= 15 is 0 Å². The molecular weight excluding hydrogens is 380 g/mol. The first-order chi connectivity index (χ1) is 14.0. The maximum atomic E-state index is 12.2. The number of hydrogen-bond donors (Lipinski definition) is 0. The molecule has 150 valence electrons. The van der Waals surface area contributed by atoms with E-state index in [0.717, 1.165) is 4.68 Å². The van der Waals surface area contributed by atoms with Crippen LogP contribution in [0.4, 0.5) is 0 Å². The predicted molar refractivity (Wildman–Crippen MR) is 101 cm³/mol. The normalized spacial score (nSPS) is 10.4. The summed E-state index contributed by atoms with van der Waals surface area (Å²) in [6.07, 6.45) is 0. The Morgan fingerprint density at radius 1 is 1.03 bits per heavy atom. The summed E-state index contributed by atoms with van der Waals surface area (Å²) in [6, 6.07) is 13.4. The van der Waals surface area contributed by atoms with Crippen molar-refractivity contribution in [1.29, 1.82) is 0 Å². The van der Waals surface area contributed by atoms with Gasteiger partial charge in [-0.1, -0.05) is 18.2 Å². The van der Waals surface area contributed by atoms with Crippen LogP contribution in [0.25, 0.3) is 11.5 Å². The molecule has 9 heteroatoms. The highest BCUT2D eigenvalue weighted by Gasteiger charge is 2.16. The van der Waals surface area contributed by atoms with E-state index in [1.165, 1.54) is 26.4 Å². The maximum Gasteiger partial charge on any atom is 0.437 e. The number of Topliss-reactive ketones (excluding diaryl/α,β-unsaturated/α-hetero) is 1. The third-order valence-corrected chi connectivity index (χ3v) is 3.98. The van der Waals surface area contributed by atoms with Crippen LogP contribution in [-0.4, -0.2) is 42.4 Å². The van der Waals surface area contributed by atoms with Crippen LogP contribution in [0.1, 0.15) is 10.4 Å². The third kappa shape index (κ3) is 4.70. The van der Waals surface area contributed by atoms with Gasteiger partial charge in [0, 0.05) is 11.1 Å². The number of ether oxygens (including phenoxy) is 3. The van der Waals surface area contributed by atoms with E-state index in [1.807, 2.05) is 6.07 Å². The second-order valence-corrected chi connectivity index (χ2v) is 5.85. The second kappa shape index (κ2) is 8.87. The van der Waals surface area contributed by atoms with Crippen molar-refractivity contribution in [3.8, 4) is 23.0 Å². The SMILES string of the molecule is COc1ccc(C(=O)COC(=O)Cn2nc(-c3ccccc3)oc2=O)cc1OC. The lowest BCUT2D eigenvalue weighted by atomic mass is 10.1. The number of esters is 1. The first-order valence-corrected chi connectivity index (χ1v) is 8.56. The quantitative estimate of drug-likeness (QED) is 0.418. The fourth-order valence-electron chi connectivity index (χ4n) is 2.51. The first kappa shape index (κ1) is 19.9. The molecular formula is C20H18N2O7. The number of carbonyl (C=O) groups is 2. The Balaban J connectivity index is 1.61. The summed E-state index contributed by atoms with van der Waals surface area (Å²) in [5.41, 5.74) is 0.890. The third-order valence-electron chi connectivity index (χ3n) is 3.98.